The van der Waals surface area contributed by atoms with Gasteiger partial charge in [-0.25, -0.2) is 0 Å². The number of nitrogens with one attached hydrogen (secondary N) is 1. The summed E-state index contributed by atoms with van der Waals surface area (Å²) in [5, 5.41) is 2.50. The molecule has 0 aliphatic heterocycles. The highest BCUT2D eigenvalue weighted by atomic mass is 16.5. The first-order valence-electron chi connectivity index (χ1n) is 6.73. The average Bonchev–Trinajstić information content (AvgIpc) is 2.43. The number of hydrogen-bond donors (Lipinski definition) is 1. The zero-order valence-corrected chi connectivity index (χ0v) is 12.0. The summed E-state index contributed by atoms with van der Waals surface area (Å²) in [6.45, 7) is 4.44. The lowest BCUT2D eigenvalue weighted by atomic mass is 10.2. The molecule has 0 radical (unpaired) electrons. The quantitative estimate of drug-likeness (QED) is 0.582. The summed E-state index contributed by atoms with van der Waals surface area (Å²) in [6, 6.07) is 7.75. The van der Waals surface area contributed by atoms with Gasteiger partial charge < -0.3 is 14.8 Å². The van der Waals surface area contributed by atoms with Crippen LogP contribution in [0.1, 0.15) is 25.3 Å². The number of benzene rings is 1. The minimum absolute atomic E-state index is 0.0779. The lowest BCUT2D eigenvalue weighted by molar-refractivity contribution is -0.143. The molecule has 0 saturated heterocycles. The molecule has 0 bridgehead atoms. The van der Waals surface area contributed by atoms with Crippen molar-refractivity contribution in [3.8, 4) is 5.75 Å². The number of carbonyl (C=O) groups is 2. The van der Waals surface area contributed by atoms with E-state index in [2.05, 4.69) is 5.32 Å². The van der Waals surface area contributed by atoms with Gasteiger partial charge in [0, 0.05) is 6.42 Å². The molecule has 1 N–H and O–H groups in total. The predicted octanol–water partition coefficient (Wildman–Crippen LogP) is 1.83. The van der Waals surface area contributed by atoms with Crippen molar-refractivity contribution < 1.29 is 19.1 Å². The molecule has 20 heavy (non-hydrogen) atoms. The second-order valence-electron chi connectivity index (χ2n) is 4.35. The van der Waals surface area contributed by atoms with Gasteiger partial charge in [0.15, 0.2) is 0 Å². The molecule has 0 aromatic heterocycles. The minimum Gasteiger partial charge on any atom is -0.494 e. The standard InChI is InChI=1S/C15H21NO4/c1-3-19-15(18)11-16-14(17)5-4-10-20-13-8-6-12(2)7-9-13/h6-9H,3-5,10-11H2,1-2H3,(H,16,17). The second-order valence-corrected chi connectivity index (χ2v) is 4.35. The van der Waals surface area contributed by atoms with Crippen LogP contribution in [0.25, 0.3) is 0 Å². The summed E-state index contributed by atoms with van der Waals surface area (Å²) >= 11 is 0. The predicted molar refractivity (Wildman–Crippen MR) is 75.6 cm³/mol. The fraction of sp³-hybridized carbons (Fsp3) is 0.467. The van der Waals surface area contributed by atoms with Crippen LogP contribution in [-0.2, 0) is 14.3 Å². The molecule has 0 heterocycles. The Morgan fingerprint density at radius 3 is 2.55 bits per heavy atom. The first kappa shape index (κ1) is 16.0. The Balaban J connectivity index is 2.10. The number of esters is 1. The van der Waals surface area contributed by atoms with Crippen LogP contribution in [0.2, 0.25) is 0 Å². The molecule has 1 aromatic carbocycles. The van der Waals surface area contributed by atoms with Crippen LogP contribution < -0.4 is 10.1 Å². The first-order valence-corrected chi connectivity index (χ1v) is 6.73. The van der Waals surface area contributed by atoms with E-state index in [1.54, 1.807) is 6.92 Å². The number of hydrogen-bond acceptors (Lipinski definition) is 4. The van der Waals surface area contributed by atoms with Crippen LogP contribution in [0, 0.1) is 6.92 Å². The van der Waals surface area contributed by atoms with Crippen LogP contribution in [0.15, 0.2) is 24.3 Å². The molecule has 0 saturated carbocycles. The lowest BCUT2D eigenvalue weighted by Gasteiger charge is -2.07. The molecule has 1 aromatic rings. The van der Waals surface area contributed by atoms with Crippen LogP contribution in [-0.4, -0.2) is 31.6 Å². The fourth-order valence-electron chi connectivity index (χ4n) is 1.53. The summed E-state index contributed by atoms with van der Waals surface area (Å²) in [4.78, 5) is 22.5. The van der Waals surface area contributed by atoms with Gasteiger partial charge >= 0.3 is 5.97 Å². The monoisotopic (exact) mass is 279 g/mol. The van der Waals surface area contributed by atoms with E-state index < -0.39 is 5.97 Å². The van der Waals surface area contributed by atoms with Gasteiger partial charge in [0.2, 0.25) is 5.91 Å². The zero-order valence-electron chi connectivity index (χ0n) is 12.0. The van der Waals surface area contributed by atoms with Crippen molar-refractivity contribution in [1.29, 1.82) is 0 Å². The molecule has 5 nitrogen and oxygen atoms in total. The molecule has 0 unspecified atom stereocenters. The van der Waals surface area contributed by atoms with E-state index in [0.29, 0.717) is 26.1 Å². The summed E-state index contributed by atoms with van der Waals surface area (Å²) in [6.07, 6.45) is 0.924. The normalized spacial score (nSPS) is 9.90. The Hall–Kier alpha value is -2.04. The number of carbonyl (C=O) groups excluding carboxylic acids is 2. The van der Waals surface area contributed by atoms with Gasteiger partial charge in [0.05, 0.1) is 13.2 Å². The molecule has 110 valence electrons. The molecule has 0 spiro atoms. The smallest absolute Gasteiger partial charge is 0.325 e. The molecule has 1 rings (SSSR count). The number of aryl methyl sites for hydroxylation is 1. The third kappa shape index (κ3) is 6.78. The third-order valence-corrected chi connectivity index (χ3v) is 2.57. The Kier molecular flexibility index (Phi) is 7.17. The molecule has 0 aliphatic carbocycles. The van der Waals surface area contributed by atoms with E-state index in [9.17, 15) is 9.59 Å². The number of rotatable bonds is 8. The van der Waals surface area contributed by atoms with Crippen LogP contribution in [0.4, 0.5) is 0 Å². The molecular formula is C15H21NO4. The molecule has 0 fully saturated rings. The second kappa shape index (κ2) is 8.96. The van der Waals surface area contributed by atoms with Crippen molar-refractivity contribution in [1.82, 2.24) is 5.32 Å². The molecule has 0 atom stereocenters. The van der Waals surface area contributed by atoms with Crippen molar-refractivity contribution in [3.63, 3.8) is 0 Å². The highest BCUT2D eigenvalue weighted by Crippen LogP contribution is 2.11. The molecular weight excluding hydrogens is 258 g/mol. The maximum atomic E-state index is 11.4. The van der Waals surface area contributed by atoms with Crippen molar-refractivity contribution in [2.45, 2.75) is 26.7 Å². The van der Waals surface area contributed by atoms with E-state index in [1.807, 2.05) is 31.2 Å². The Morgan fingerprint density at radius 1 is 1.20 bits per heavy atom. The highest BCUT2D eigenvalue weighted by Gasteiger charge is 2.05. The van der Waals surface area contributed by atoms with Gasteiger partial charge in [-0.2, -0.15) is 0 Å². The largest absolute Gasteiger partial charge is 0.494 e. The summed E-state index contributed by atoms with van der Waals surface area (Å²) in [5.41, 5.74) is 1.18. The van der Waals surface area contributed by atoms with E-state index in [4.69, 9.17) is 9.47 Å². The van der Waals surface area contributed by atoms with Crippen LogP contribution in [0.3, 0.4) is 0 Å². The van der Waals surface area contributed by atoms with E-state index in [1.165, 1.54) is 5.56 Å². The van der Waals surface area contributed by atoms with Crippen molar-refractivity contribution in [2.75, 3.05) is 19.8 Å². The van der Waals surface area contributed by atoms with Crippen LogP contribution >= 0.6 is 0 Å². The summed E-state index contributed by atoms with van der Waals surface area (Å²) < 4.78 is 10.2. The first-order chi connectivity index (χ1) is 9.61. The summed E-state index contributed by atoms with van der Waals surface area (Å²) in [5.74, 6) is 0.199. The number of ether oxygens (including phenoxy) is 2. The Morgan fingerprint density at radius 2 is 1.90 bits per heavy atom. The minimum atomic E-state index is -0.420. The molecule has 5 heteroatoms. The number of amides is 1. The molecule has 1 amide bonds. The van der Waals surface area contributed by atoms with Crippen molar-refractivity contribution >= 4 is 11.9 Å². The van der Waals surface area contributed by atoms with Crippen LogP contribution in [0.5, 0.6) is 5.75 Å². The highest BCUT2D eigenvalue weighted by molar-refractivity contribution is 5.81. The Bertz CT molecular complexity index is 428. The van der Waals surface area contributed by atoms with Crippen molar-refractivity contribution in [3.05, 3.63) is 29.8 Å². The van der Waals surface area contributed by atoms with Gasteiger partial charge in [0.25, 0.3) is 0 Å². The Labute approximate surface area is 119 Å². The van der Waals surface area contributed by atoms with E-state index in [0.717, 1.165) is 5.75 Å². The zero-order chi connectivity index (χ0) is 14.8. The van der Waals surface area contributed by atoms with E-state index >= 15 is 0 Å². The topological polar surface area (TPSA) is 64.6 Å². The summed E-state index contributed by atoms with van der Waals surface area (Å²) in [7, 11) is 0. The maximum absolute atomic E-state index is 11.4. The SMILES string of the molecule is CCOC(=O)CNC(=O)CCCOc1ccc(C)cc1. The van der Waals surface area contributed by atoms with E-state index in [-0.39, 0.29) is 12.5 Å². The van der Waals surface area contributed by atoms with Gasteiger partial charge in [0.1, 0.15) is 12.3 Å². The lowest BCUT2D eigenvalue weighted by Crippen LogP contribution is -2.30. The fourth-order valence-corrected chi connectivity index (χ4v) is 1.53. The van der Waals surface area contributed by atoms with Gasteiger partial charge in [-0.1, -0.05) is 17.7 Å². The van der Waals surface area contributed by atoms with Gasteiger partial charge in [-0.15, -0.1) is 0 Å². The third-order valence-electron chi connectivity index (χ3n) is 2.57. The van der Waals surface area contributed by atoms with Gasteiger partial charge in [-0.05, 0) is 32.4 Å². The maximum Gasteiger partial charge on any atom is 0.325 e. The van der Waals surface area contributed by atoms with Crippen molar-refractivity contribution in [2.24, 2.45) is 0 Å². The average molecular weight is 279 g/mol. The molecule has 0 aliphatic rings. The van der Waals surface area contributed by atoms with Gasteiger partial charge in [-0.3, -0.25) is 9.59 Å².